The second-order valence-corrected chi connectivity index (χ2v) is 14.7. The summed E-state index contributed by atoms with van der Waals surface area (Å²) < 4.78 is 33.8. The Morgan fingerprint density at radius 3 is 2.56 bits per heavy atom. The number of hydrogen-bond acceptors (Lipinski definition) is 11. The van der Waals surface area contributed by atoms with Gasteiger partial charge in [-0.3, -0.25) is 4.90 Å². The molecule has 1 saturated heterocycles. The van der Waals surface area contributed by atoms with Crippen LogP contribution in [-0.4, -0.2) is 76.5 Å². The zero-order chi connectivity index (χ0) is 28.7. The number of rotatable bonds is 8. The van der Waals surface area contributed by atoms with Crippen molar-refractivity contribution < 1.29 is 12.9 Å². The number of benzene rings is 1. The first kappa shape index (κ1) is 27.9. The van der Waals surface area contributed by atoms with Gasteiger partial charge >= 0.3 is 0 Å². The van der Waals surface area contributed by atoms with Crippen molar-refractivity contribution >= 4 is 49.4 Å². The summed E-state index contributed by atoms with van der Waals surface area (Å²) in [6.07, 6.45) is 1.60. The number of anilines is 1. The topological polar surface area (TPSA) is 117 Å². The van der Waals surface area contributed by atoms with Gasteiger partial charge in [0, 0.05) is 55.8 Å². The number of fused-ring (bicyclic) bond motifs is 1. The normalized spacial score (nSPS) is 15.9. The maximum absolute atomic E-state index is 13.3. The van der Waals surface area contributed by atoms with E-state index in [2.05, 4.69) is 43.3 Å². The van der Waals surface area contributed by atoms with E-state index in [0.29, 0.717) is 36.1 Å². The highest BCUT2D eigenvalue weighted by atomic mass is 32.2. The maximum atomic E-state index is 13.3. The van der Waals surface area contributed by atoms with E-state index in [1.807, 2.05) is 39.0 Å². The van der Waals surface area contributed by atoms with Crippen molar-refractivity contribution in [3.05, 3.63) is 59.1 Å². The molecule has 5 aromatic rings. The Labute approximate surface area is 247 Å². The molecule has 13 heteroatoms. The Hall–Kier alpha value is -3.23. The summed E-state index contributed by atoms with van der Waals surface area (Å²) >= 11 is 2.89. The average Bonchev–Trinajstić information content (AvgIpc) is 3.69. The van der Waals surface area contributed by atoms with Crippen LogP contribution in [0.4, 0.5) is 5.82 Å². The molecular formula is C28H31N7O3S3. The summed E-state index contributed by atoms with van der Waals surface area (Å²) in [5.74, 6) is 1.38. The molecule has 0 saturated carbocycles. The number of sulfonamides is 1. The number of thiazole rings is 1. The number of para-hydroxylation sites is 1. The lowest BCUT2D eigenvalue weighted by atomic mass is 10.1. The Morgan fingerprint density at radius 2 is 1.85 bits per heavy atom. The van der Waals surface area contributed by atoms with Gasteiger partial charge in [0.15, 0.2) is 5.76 Å². The predicted molar refractivity (Wildman–Crippen MR) is 163 cm³/mol. The van der Waals surface area contributed by atoms with Gasteiger partial charge in [0.1, 0.15) is 16.4 Å². The molecule has 1 atom stereocenters. The van der Waals surface area contributed by atoms with E-state index in [-0.39, 0.29) is 6.04 Å². The summed E-state index contributed by atoms with van der Waals surface area (Å²) in [5.41, 5.74) is 3.73. The largest absolute Gasteiger partial charge is 0.366 e. The van der Waals surface area contributed by atoms with Crippen molar-refractivity contribution in [2.45, 2.75) is 37.9 Å². The van der Waals surface area contributed by atoms with E-state index in [0.717, 1.165) is 55.0 Å². The van der Waals surface area contributed by atoms with E-state index in [1.165, 1.54) is 11.3 Å². The molecule has 1 N–H and O–H groups in total. The number of piperazine rings is 1. The minimum atomic E-state index is -3.57. The molecule has 6 rings (SSSR count). The quantitative estimate of drug-likeness (QED) is 0.253. The van der Waals surface area contributed by atoms with Gasteiger partial charge in [-0.15, -0.1) is 22.7 Å². The summed E-state index contributed by atoms with van der Waals surface area (Å²) in [4.78, 5) is 17.9. The number of nitrogens with one attached hydrogen (secondary N) is 1. The molecule has 1 aliphatic heterocycles. The lowest BCUT2D eigenvalue weighted by molar-refractivity contribution is 0.184. The zero-order valence-corrected chi connectivity index (χ0v) is 25.7. The summed E-state index contributed by atoms with van der Waals surface area (Å²) in [7, 11) is -3.57. The molecule has 214 valence electrons. The monoisotopic (exact) mass is 609 g/mol. The Bertz CT molecular complexity index is 1800. The molecule has 5 heterocycles. The molecule has 0 radical (unpaired) electrons. The lowest BCUT2D eigenvalue weighted by Gasteiger charge is -2.35. The zero-order valence-electron chi connectivity index (χ0n) is 23.3. The fourth-order valence-corrected chi connectivity index (χ4v) is 8.96. The van der Waals surface area contributed by atoms with Crippen LogP contribution in [0.1, 0.15) is 23.3 Å². The van der Waals surface area contributed by atoms with E-state index in [4.69, 9.17) is 4.52 Å². The molecule has 4 aromatic heterocycles. The molecule has 1 aromatic carbocycles. The van der Waals surface area contributed by atoms with Crippen molar-refractivity contribution in [1.29, 1.82) is 0 Å². The molecule has 0 amide bonds. The van der Waals surface area contributed by atoms with E-state index in [1.54, 1.807) is 34.1 Å². The average molecular weight is 610 g/mol. The highest BCUT2D eigenvalue weighted by Gasteiger charge is 2.30. The van der Waals surface area contributed by atoms with Crippen LogP contribution >= 0.6 is 22.7 Å². The molecule has 1 aliphatic rings. The van der Waals surface area contributed by atoms with Crippen molar-refractivity contribution in [3.63, 3.8) is 0 Å². The molecule has 0 aliphatic carbocycles. The van der Waals surface area contributed by atoms with Crippen LogP contribution in [0, 0.1) is 20.8 Å². The number of nitrogens with zero attached hydrogens (tertiary/aromatic N) is 6. The van der Waals surface area contributed by atoms with Crippen molar-refractivity contribution in [2.75, 3.05) is 38.0 Å². The van der Waals surface area contributed by atoms with E-state index < -0.39 is 10.0 Å². The molecular weight excluding hydrogens is 579 g/mol. The Morgan fingerprint density at radius 1 is 1.05 bits per heavy atom. The van der Waals surface area contributed by atoms with Gasteiger partial charge in [0.2, 0.25) is 0 Å². The summed E-state index contributed by atoms with van der Waals surface area (Å²) in [6, 6.07) is 11.5. The standard InChI is InChI=1S/C28H31N7O3S3/c1-17-14-23(38-33-17)24-8-9-25(40-24)41(36,37)35-12-10-34(11-13-35)15-18(2)31-28-22-7-5-6-21(26(22)29-16-30-28)27-19(3)32-20(4)39-27/h5-9,14,16,18H,10-13,15H2,1-4H3,(H,29,30,31)/t18-/m0/s1. The Balaban J connectivity index is 1.10. The first-order valence-electron chi connectivity index (χ1n) is 13.4. The molecule has 0 unspecified atom stereocenters. The van der Waals surface area contributed by atoms with Gasteiger partial charge < -0.3 is 9.84 Å². The van der Waals surface area contributed by atoms with Crippen LogP contribution in [0.2, 0.25) is 0 Å². The Kier molecular flexibility index (Phi) is 7.64. The van der Waals surface area contributed by atoms with Crippen molar-refractivity contribution in [1.82, 2.24) is 29.3 Å². The third-order valence-electron chi connectivity index (χ3n) is 7.11. The van der Waals surface area contributed by atoms with Gasteiger partial charge in [-0.1, -0.05) is 17.3 Å². The minimum absolute atomic E-state index is 0.0949. The second-order valence-electron chi connectivity index (χ2n) is 10.3. The molecule has 0 spiro atoms. The van der Waals surface area contributed by atoms with Gasteiger partial charge in [-0.2, -0.15) is 4.31 Å². The second kappa shape index (κ2) is 11.2. The third-order valence-corrected chi connectivity index (χ3v) is 11.7. The van der Waals surface area contributed by atoms with E-state index in [9.17, 15) is 8.42 Å². The van der Waals surface area contributed by atoms with E-state index >= 15 is 0 Å². The molecule has 1 fully saturated rings. The molecule has 41 heavy (non-hydrogen) atoms. The fraction of sp³-hybridized carbons (Fsp3) is 0.357. The van der Waals surface area contributed by atoms with Crippen LogP contribution in [0.5, 0.6) is 0 Å². The third kappa shape index (κ3) is 5.64. The first-order valence-corrected chi connectivity index (χ1v) is 16.5. The van der Waals surface area contributed by atoms with Crippen LogP contribution in [-0.2, 0) is 10.0 Å². The van der Waals surface area contributed by atoms with Crippen LogP contribution in [0.15, 0.2) is 51.5 Å². The van der Waals surface area contributed by atoms with Crippen LogP contribution < -0.4 is 5.32 Å². The van der Waals surface area contributed by atoms with Crippen LogP contribution in [0.25, 0.3) is 32.0 Å². The smallest absolute Gasteiger partial charge is 0.252 e. The highest BCUT2D eigenvalue weighted by molar-refractivity contribution is 7.91. The highest BCUT2D eigenvalue weighted by Crippen LogP contribution is 2.36. The predicted octanol–water partition coefficient (Wildman–Crippen LogP) is 5.20. The van der Waals surface area contributed by atoms with Crippen molar-refractivity contribution in [2.24, 2.45) is 0 Å². The minimum Gasteiger partial charge on any atom is -0.366 e. The summed E-state index contributed by atoms with van der Waals surface area (Å²) in [6.45, 7) is 11.0. The van der Waals surface area contributed by atoms with Gasteiger partial charge in [0.05, 0.1) is 31.7 Å². The number of aromatic nitrogens is 4. The maximum Gasteiger partial charge on any atom is 0.252 e. The molecule has 10 nitrogen and oxygen atoms in total. The molecule has 0 bridgehead atoms. The first-order chi connectivity index (χ1) is 19.7. The van der Waals surface area contributed by atoms with Gasteiger partial charge in [0.25, 0.3) is 10.0 Å². The van der Waals surface area contributed by atoms with Crippen molar-refractivity contribution in [3.8, 4) is 21.1 Å². The van der Waals surface area contributed by atoms with Crippen LogP contribution in [0.3, 0.4) is 0 Å². The summed E-state index contributed by atoms with van der Waals surface area (Å²) in [5, 5.41) is 9.47. The number of aryl methyl sites for hydroxylation is 3. The number of thiophene rings is 1. The van der Waals surface area contributed by atoms with Gasteiger partial charge in [-0.05, 0) is 45.9 Å². The fourth-order valence-electron chi connectivity index (χ4n) is 5.18. The number of hydrogen-bond donors (Lipinski definition) is 1. The SMILES string of the molecule is Cc1cc(-c2ccc(S(=O)(=O)N3CCN(C[C@H](C)Nc4ncnc5c(-c6sc(C)nc6C)cccc45)CC3)s2)on1. The van der Waals surface area contributed by atoms with Gasteiger partial charge in [-0.25, -0.2) is 23.4 Å². The lowest BCUT2D eigenvalue weighted by Crippen LogP contribution is -2.50.